The molecule has 0 unspecified atom stereocenters. The van der Waals surface area contributed by atoms with Crippen molar-refractivity contribution >= 4 is 29.3 Å². The zero-order valence-corrected chi connectivity index (χ0v) is 16.0. The van der Waals surface area contributed by atoms with Gasteiger partial charge in [-0.15, -0.1) is 0 Å². The number of imide groups is 1. The van der Waals surface area contributed by atoms with Gasteiger partial charge in [0.1, 0.15) is 0 Å². The van der Waals surface area contributed by atoms with Gasteiger partial charge < -0.3 is 4.74 Å². The minimum absolute atomic E-state index is 0.169. The highest BCUT2D eigenvalue weighted by molar-refractivity contribution is 6.20. The number of carbonyl (C=O) groups is 4. The van der Waals surface area contributed by atoms with E-state index in [9.17, 15) is 19.2 Å². The molecule has 0 bridgehead atoms. The zero-order chi connectivity index (χ0) is 20.4. The van der Waals surface area contributed by atoms with Gasteiger partial charge >= 0.3 is 5.97 Å². The summed E-state index contributed by atoms with van der Waals surface area (Å²) in [4.78, 5) is 49.7. The van der Waals surface area contributed by atoms with E-state index in [2.05, 4.69) is 0 Å². The fourth-order valence-corrected chi connectivity index (χ4v) is 3.84. The van der Waals surface area contributed by atoms with Gasteiger partial charge in [0.25, 0.3) is 0 Å². The first-order valence-corrected chi connectivity index (χ1v) is 9.81. The van der Waals surface area contributed by atoms with Crippen molar-refractivity contribution in [2.75, 3.05) is 11.5 Å². The number of nitrogens with zero attached hydrogens (tertiary/aromatic N) is 1. The molecule has 6 heteroatoms. The molecule has 6 nitrogen and oxygen atoms in total. The zero-order valence-electron chi connectivity index (χ0n) is 16.0. The Morgan fingerprint density at radius 2 is 1.55 bits per heavy atom. The SMILES string of the molecule is O=C(COC(=O)c1cccc(N2C(=O)CCC2=O)c1)c1ccc2c(c1)CCCC2. The van der Waals surface area contributed by atoms with E-state index < -0.39 is 5.97 Å². The van der Waals surface area contributed by atoms with Crippen LogP contribution in [0.25, 0.3) is 0 Å². The second-order valence-corrected chi connectivity index (χ2v) is 7.36. The summed E-state index contributed by atoms with van der Waals surface area (Å²) in [5, 5.41) is 0. The van der Waals surface area contributed by atoms with Gasteiger partial charge in [0.15, 0.2) is 12.4 Å². The molecule has 4 rings (SSSR count). The highest BCUT2D eigenvalue weighted by Crippen LogP contribution is 2.24. The lowest BCUT2D eigenvalue weighted by Crippen LogP contribution is -2.28. The van der Waals surface area contributed by atoms with Crippen LogP contribution in [0.3, 0.4) is 0 Å². The Labute approximate surface area is 168 Å². The van der Waals surface area contributed by atoms with E-state index in [1.807, 2.05) is 12.1 Å². The summed E-state index contributed by atoms with van der Waals surface area (Å²) in [5.74, 6) is -1.50. The Hall–Kier alpha value is -3.28. The number of anilines is 1. The predicted molar refractivity (Wildman–Crippen MR) is 106 cm³/mol. The number of carbonyl (C=O) groups excluding carboxylic acids is 4. The van der Waals surface area contributed by atoms with Crippen molar-refractivity contribution in [2.45, 2.75) is 38.5 Å². The molecule has 148 valence electrons. The third kappa shape index (κ3) is 3.97. The number of ether oxygens (including phenoxy) is 1. The maximum Gasteiger partial charge on any atom is 0.338 e. The Balaban J connectivity index is 1.42. The molecule has 2 aliphatic rings. The molecular formula is C23H21NO5. The van der Waals surface area contributed by atoms with Gasteiger partial charge in [-0.3, -0.25) is 19.3 Å². The maximum absolute atomic E-state index is 12.5. The third-order valence-corrected chi connectivity index (χ3v) is 5.40. The second kappa shape index (κ2) is 7.99. The first-order chi connectivity index (χ1) is 14.0. The fourth-order valence-electron chi connectivity index (χ4n) is 3.84. The Bertz CT molecular complexity index is 994. The number of benzene rings is 2. The summed E-state index contributed by atoms with van der Waals surface area (Å²) in [6.45, 7) is -0.358. The van der Waals surface area contributed by atoms with E-state index in [1.54, 1.807) is 18.2 Å². The van der Waals surface area contributed by atoms with Crippen molar-refractivity contribution in [3.05, 3.63) is 64.7 Å². The number of Topliss-reactive ketones (excluding diaryl/α,β-unsaturated/α-hetero) is 1. The number of hydrogen-bond acceptors (Lipinski definition) is 5. The molecule has 2 amide bonds. The van der Waals surface area contributed by atoms with Crippen molar-refractivity contribution < 1.29 is 23.9 Å². The summed E-state index contributed by atoms with van der Waals surface area (Å²) < 4.78 is 5.18. The highest BCUT2D eigenvalue weighted by Gasteiger charge is 2.30. The maximum atomic E-state index is 12.5. The van der Waals surface area contributed by atoms with E-state index in [1.165, 1.54) is 29.7 Å². The van der Waals surface area contributed by atoms with Gasteiger partial charge in [-0.2, -0.15) is 0 Å². The standard InChI is InChI=1S/C23H21NO5/c25-20(17-9-8-15-4-1-2-5-16(15)12-17)14-29-23(28)18-6-3-7-19(13-18)24-21(26)10-11-22(24)27/h3,6-9,12-13H,1-2,4-5,10-11,14H2. The molecule has 1 fully saturated rings. The molecule has 2 aromatic carbocycles. The number of hydrogen-bond donors (Lipinski definition) is 0. The molecule has 0 atom stereocenters. The smallest absolute Gasteiger partial charge is 0.338 e. The van der Waals surface area contributed by atoms with Crippen molar-refractivity contribution in [3.63, 3.8) is 0 Å². The summed E-state index contributed by atoms with van der Waals surface area (Å²) >= 11 is 0. The average Bonchev–Trinajstić information content (AvgIpc) is 3.09. The summed E-state index contributed by atoms with van der Waals surface area (Å²) in [5.41, 5.74) is 3.55. The topological polar surface area (TPSA) is 80.8 Å². The van der Waals surface area contributed by atoms with Crippen LogP contribution in [0.2, 0.25) is 0 Å². The molecule has 0 aromatic heterocycles. The third-order valence-electron chi connectivity index (χ3n) is 5.40. The van der Waals surface area contributed by atoms with E-state index in [4.69, 9.17) is 4.74 Å². The molecule has 1 aliphatic carbocycles. The Morgan fingerprint density at radius 1 is 0.828 bits per heavy atom. The van der Waals surface area contributed by atoms with Crippen LogP contribution in [0.5, 0.6) is 0 Å². The normalized spacial score (nSPS) is 15.9. The average molecular weight is 391 g/mol. The molecule has 0 saturated carbocycles. The number of rotatable bonds is 5. The number of esters is 1. The van der Waals surface area contributed by atoms with Crippen LogP contribution >= 0.6 is 0 Å². The molecule has 2 aromatic rings. The first-order valence-electron chi connectivity index (χ1n) is 9.81. The second-order valence-electron chi connectivity index (χ2n) is 7.36. The van der Waals surface area contributed by atoms with Gasteiger partial charge in [-0.1, -0.05) is 18.2 Å². The molecule has 0 radical (unpaired) electrons. The van der Waals surface area contributed by atoms with E-state index in [0.29, 0.717) is 11.3 Å². The summed E-state index contributed by atoms with van der Waals surface area (Å²) in [6, 6.07) is 11.8. The highest BCUT2D eigenvalue weighted by atomic mass is 16.5. The van der Waals surface area contributed by atoms with E-state index in [0.717, 1.165) is 24.2 Å². The number of fused-ring (bicyclic) bond motifs is 1. The van der Waals surface area contributed by atoms with Crippen LogP contribution in [-0.4, -0.2) is 30.2 Å². The molecule has 29 heavy (non-hydrogen) atoms. The quantitative estimate of drug-likeness (QED) is 0.444. The van der Waals surface area contributed by atoms with Crippen LogP contribution in [0.1, 0.15) is 57.5 Å². The van der Waals surface area contributed by atoms with Crippen molar-refractivity contribution in [2.24, 2.45) is 0 Å². The van der Waals surface area contributed by atoms with Gasteiger partial charge in [0.05, 0.1) is 11.3 Å². The van der Waals surface area contributed by atoms with Crippen LogP contribution in [0, 0.1) is 0 Å². The Morgan fingerprint density at radius 3 is 2.31 bits per heavy atom. The number of ketones is 1. The lowest BCUT2D eigenvalue weighted by Gasteiger charge is -2.16. The molecular weight excluding hydrogens is 370 g/mol. The molecule has 1 aliphatic heterocycles. The van der Waals surface area contributed by atoms with Crippen LogP contribution < -0.4 is 4.90 Å². The van der Waals surface area contributed by atoms with Gasteiger partial charge in [-0.25, -0.2) is 4.79 Å². The largest absolute Gasteiger partial charge is 0.454 e. The molecule has 0 N–H and O–H groups in total. The predicted octanol–water partition coefficient (Wildman–Crippen LogP) is 3.26. The number of aryl methyl sites for hydroxylation is 2. The van der Waals surface area contributed by atoms with Crippen molar-refractivity contribution in [3.8, 4) is 0 Å². The van der Waals surface area contributed by atoms with Crippen molar-refractivity contribution in [1.82, 2.24) is 0 Å². The van der Waals surface area contributed by atoms with Crippen LogP contribution in [0.4, 0.5) is 5.69 Å². The monoisotopic (exact) mass is 391 g/mol. The summed E-state index contributed by atoms with van der Waals surface area (Å²) in [6.07, 6.45) is 4.64. The van der Waals surface area contributed by atoms with Gasteiger partial charge in [-0.05, 0) is 61.1 Å². The van der Waals surface area contributed by atoms with Crippen molar-refractivity contribution in [1.29, 1.82) is 0 Å². The first kappa shape index (κ1) is 19.1. The van der Waals surface area contributed by atoms with Gasteiger partial charge in [0.2, 0.25) is 11.8 Å². The van der Waals surface area contributed by atoms with Gasteiger partial charge in [0, 0.05) is 18.4 Å². The minimum atomic E-state index is -0.669. The lowest BCUT2D eigenvalue weighted by molar-refractivity contribution is -0.121. The molecule has 1 saturated heterocycles. The van der Waals surface area contributed by atoms with E-state index in [-0.39, 0.29) is 42.6 Å². The lowest BCUT2D eigenvalue weighted by atomic mass is 9.90. The fraction of sp³-hybridized carbons (Fsp3) is 0.304. The van der Waals surface area contributed by atoms with Crippen LogP contribution in [-0.2, 0) is 27.2 Å². The minimum Gasteiger partial charge on any atom is -0.454 e. The summed E-state index contributed by atoms with van der Waals surface area (Å²) in [7, 11) is 0. The molecule has 1 heterocycles. The van der Waals surface area contributed by atoms with Crippen LogP contribution in [0.15, 0.2) is 42.5 Å². The number of amides is 2. The Kier molecular flexibility index (Phi) is 5.25. The molecule has 0 spiro atoms. The van der Waals surface area contributed by atoms with E-state index >= 15 is 0 Å².